The zero-order chi connectivity index (χ0) is 15.7. The summed E-state index contributed by atoms with van der Waals surface area (Å²) in [7, 11) is 0. The molecule has 3 heteroatoms. The molecule has 22 heavy (non-hydrogen) atoms. The summed E-state index contributed by atoms with van der Waals surface area (Å²) in [5.41, 5.74) is 6.71. The largest absolute Gasteiger partial charge is 0.325 e. The van der Waals surface area contributed by atoms with Crippen LogP contribution in [0.25, 0.3) is 0 Å². The van der Waals surface area contributed by atoms with Crippen LogP contribution < -0.4 is 10.6 Å². The van der Waals surface area contributed by atoms with E-state index in [2.05, 4.69) is 35.8 Å². The molecular formula is C19H22N2O. The summed E-state index contributed by atoms with van der Waals surface area (Å²) in [6.07, 6.45) is 0. The second kappa shape index (κ2) is 5.93. The van der Waals surface area contributed by atoms with Crippen LogP contribution in [0.1, 0.15) is 33.7 Å². The second-order valence-electron chi connectivity index (χ2n) is 6.14. The van der Waals surface area contributed by atoms with Gasteiger partial charge in [-0.3, -0.25) is 4.79 Å². The van der Waals surface area contributed by atoms with Crippen LogP contribution in [0.2, 0.25) is 0 Å². The molecule has 0 radical (unpaired) electrons. The van der Waals surface area contributed by atoms with Crippen molar-refractivity contribution in [2.45, 2.75) is 33.2 Å². The fourth-order valence-corrected chi connectivity index (χ4v) is 3.12. The van der Waals surface area contributed by atoms with Crippen molar-refractivity contribution >= 4 is 11.6 Å². The van der Waals surface area contributed by atoms with E-state index in [1.54, 1.807) is 0 Å². The van der Waals surface area contributed by atoms with Crippen molar-refractivity contribution in [3.05, 3.63) is 64.2 Å². The first-order chi connectivity index (χ1) is 10.6. The van der Waals surface area contributed by atoms with Gasteiger partial charge in [-0.2, -0.15) is 0 Å². The highest BCUT2D eigenvalue weighted by Gasteiger charge is 2.26. The molecule has 2 N–H and O–H groups in total. The minimum absolute atomic E-state index is 0.0662. The number of hydrogen-bond acceptors (Lipinski definition) is 2. The smallest absolute Gasteiger partial charge is 0.233 e. The van der Waals surface area contributed by atoms with Crippen molar-refractivity contribution in [3.63, 3.8) is 0 Å². The summed E-state index contributed by atoms with van der Waals surface area (Å²) in [6, 6.07) is 12.4. The van der Waals surface area contributed by atoms with Crippen molar-refractivity contribution in [3.8, 4) is 0 Å². The van der Waals surface area contributed by atoms with E-state index in [0.717, 1.165) is 28.9 Å². The molecule has 114 valence electrons. The standard InChI is InChI=1S/C19H22N2O/c1-12-7-8-15-10-20-11-17(16(15)9-12)19(22)21-18-13(2)5-4-6-14(18)3/h4-9,17,20H,10-11H2,1-3H3,(H,21,22). The van der Waals surface area contributed by atoms with Gasteiger partial charge in [-0.1, -0.05) is 42.0 Å². The summed E-state index contributed by atoms with van der Waals surface area (Å²) >= 11 is 0. The molecule has 0 aromatic heterocycles. The minimum atomic E-state index is -0.136. The van der Waals surface area contributed by atoms with Gasteiger partial charge in [-0.25, -0.2) is 0 Å². The fraction of sp³-hybridized carbons (Fsp3) is 0.316. The van der Waals surface area contributed by atoms with Gasteiger partial charge in [-0.05, 0) is 43.0 Å². The Balaban J connectivity index is 1.90. The highest BCUT2D eigenvalue weighted by atomic mass is 16.1. The molecule has 3 rings (SSSR count). The van der Waals surface area contributed by atoms with Crippen LogP contribution in [0.15, 0.2) is 36.4 Å². The number of benzene rings is 2. The van der Waals surface area contributed by atoms with Crippen LogP contribution in [0, 0.1) is 20.8 Å². The highest BCUT2D eigenvalue weighted by molar-refractivity contribution is 5.97. The molecule has 0 saturated carbocycles. The summed E-state index contributed by atoms with van der Waals surface area (Å²) in [5, 5.41) is 6.48. The van der Waals surface area contributed by atoms with E-state index >= 15 is 0 Å². The Kier molecular flexibility index (Phi) is 3.99. The third kappa shape index (κ3) is 2.77. The number of aryl methyl sites for hydroxylation is 3. The molecule has 1 aliphatic rings. The van der Waals surface area contributed by atoms with Gasteiger partial charge in [0, 0.05) is 18.8 Å². The van der Waals surface area contributed by atoms with Crippen LogP contribution in [-0.4, -0.2) is 12.5 Å². The average molecular weight is 294 g/mol. The van der Waals surface area contributed by atoms with Gasteiger partial charge in [-0.15, -0.1) is 0 Å². The molecule has 0 saturated heterocycles. The molecule has 2 aromatic carbocycles. The normalized spacial score (nSPS) is 17.0. The SMILES string of the molecule is Cc1ccc2c(c1)C(C(=O)Nc1c(C)cccc1C)CNC2. The van der Waals surface area contributed by atoms with Crippen molar-refractivity contribution in [2.75, 3.05) is 11.9 Å². The highest BCUT2D eigenvalue weighted by Crippen LogP contribution is 2.28. The summed E-state index contributed by atoms with van der Waals surface area (Å²) in [5.74, 6) is -0.0703. The molecule has 3 nitrogen and oxygen atoms in total. The summed E-state index contributed by atoms with van der Waals surface area (Å²) in [6.45, 7) is 7.65. The first-order valence-corrected chi connectivity index (χ1v) is 7.73. The summed E-state index contributed by atoms with van der Waals surface area (Å²) in [4.78, 5) is 12.8. The zero-order valence-corrected chi connectivity index (χ0v) is 13.4. The Bertz CT molecular complexity index is 701. The number of nitrogens with one attached hydrogen (secondary N) is 2. The Morgan fingerprint density at radius 3 is 2.59 bits per heavy atom. The van der Waals surface area contributed by atoms with Gasteiger partial charge in [0.15, 0.2) is 0 Å². The molecule has 0 aliphatic carbocycles. The van der Waals surface area contributed by atoms with E-state index in [-0.39, 0.29) is 11.8 Å². The second-order valence-corrected chi connectivity index (χ2v) is 6.14. The predicted molar refractivity (Wildman–Crippen MR) is 90.2 cm³/mol. The number of carbonyl (C=O) groups excluding carboxylic acids is 1. The molecule has 0 spiro atoms. The van der Waals surface area contributed by atoms with E-state index in [1.165, 1.54) is 11.1 Å². The van der Waals surface area contributed by atoms with Crippen molar-refractivity contribution in [2.24, 2.45) is 0 Å². The van der Waals surface area contributed by atoms with Crippen LogP contribution in [0.3, 0.4) is 0 Å². The maximum Gasteiger partial charge on any atom is 0.233 e. The lowest BCUT2D eigenvalue weighted by molar-refractivity contribution is -0.117. The van der Waals surface area contributed by atoms with E-state index in [0.29, 0.717) is 6.54 Å². The first-order valence-electron chi connectivity index (χ1n) is 7.73. The molecule has 2 aromatic rings. The predicted octanol–water partition coefficient (Wildman–Crippen LogP) is 3.44. The zero-order valence-electron chi connectivity index (χ0n) is 13.4. The van der Waals surface area contributed by atoms with Crippen molar-refractivity contribution in [1.29, 1.82) is 0 Å². The number of anilines is 1. The number of fused-ring (bicyclic) bond motifs is 1. The number of amides is 1. The Hall–Kier alpha value is -2.13. The van der Waals surface area contributed by atoms with Crippen molar-refractivity contribution in [1.82, 2.24) is 5.32 Å². The Labute approximate surface area is 131 Å². The maximum atomic E-state index is 12.8. The maximum absolute atomic E-state index is 12.8. The van der Waals surface area contributed by atoms with Gasteiger partial charge in [0.05, 0.1) is 5.92 Å². The molecule has 0 fully saturated rings. The van der Waals surface area contributed by atoms with Gasteiger partial charge in [0.1, 0.15) is 0 Å². The lowest BCUT2D eigenvalue weighted by Gasteiger charge is -2.26. The van der Waals surface area contributed by atoms with E-state index in [9.17, 15) is 4.79 Å². The van der Waals surface area contributed by atoms with Crippen LogP contribution in [0.4, 0.5) is 5.69 Å². The quantitative estimate of drug-likeness (QED) is 0.891. The Morgan fingerprint density at radius 1 is 1.14 bits per heavy atom. The van der Waals surface area contributed by atoms with Gasteiger partial charge >= 0.3 is 0 Å². The third-order valence-electron chi connectivity index (χ3n) is 4.39. The average Bonchev–Trinajstić information content (AvgIpc) is 2.50. The topological polar surface area (TPSA) is 41.1 Å². The molecular weight excluding hydrogens is 272 g/mol. The van der Waals surface area contributed by atoms with E-state index in [4.69, 9.17) is 0 Å². The van der Waals surface area contributed by atoms with E-state index in [1.807, 2.05) is 32.0 Å². The third-order valence-corrected chi connectivity index (χ3v) is 4.39. The van der Waals surface area contributed by atoms with Crippen molar-refractivity contribution < 1.29 is 4.79 Å². The number of carbonyl (C=O) groups is 1. The first kappa shape index (κ1) is 14.8. The Morgan fingerprint density at radius 2 is 1.86 bits per heavy atom. The van der Waals surface area contributed by atoms with Gasteiger partial charge in [0.2, 0.25) is 5.91 Å². The molecule has 1 heterocycles. The molecule has 1 atom stereocenters. The molecule has 1 unspecified atom stereocenters. The summed E-state index contributed by atoms with van der Waals surface area (Å²) < 4.78 is 0. The fourth-order valence-electron chi connectivity index (χ4n) is 3.12. The van der Waals surface area contributed by atoms with Crippen LogP contribution in [-0.2, 0) is 11.3 Å². The minimum Gasteiger partial charge on any atom is -0.325 e. The van der Waals surface area contributed by atoms with Crippen LogP contribution >= 0.6 is 0 Å². The number of hydrogen-bond donors (Lipinski definition) is 2. The number of para-hydroxylation sites is 1. The molecule has 0 bridgehead atoms. The lowest BCUT2D eigenvalue weighted by atomic mass is 9.88. The van der Waals surface area contributed by atoms with Gasteiger partial charge < -0.3 is 10.6 Å². The van der Waals surface area contributed by atoms with Gasteiger partial charge in [0.25, 0.3) is 0 Å². The lowest BCUT2D eigenvalue weighted by Crippen LogP contribution is -2.35. The molecule has 1 amide bonds. The monoisotopic (exact) mass is 294 g/mol. The number of rotatable bonds is 2. The molecule has 1 aliphatic heterocycles. The van der Waals surface area contributed by atoms with E-state index < -0.39 is 0 Å². The van der Waals surface area contributed by atoms with Crippen LogP contribution in [0.5, 0.6) is 0 Å².